The topological polar surface area (TPSA) is 640 Å². The Bertz CT molecular complexity index is 2950. The van der Waals surface area contributed by atoms with Crippen LogP contribution in [0.5, 0.6) is 0 Å². The summed E-state index contributed by atoms with van der Waals surface area (Å²) in [7, 11) is 0. The van der Waals surface area contributed by atoms with Gasteiger partial charge >= 0.3 is 0 Å². The molecule has 2 aliphatic heterocycles. The molecule has 0 spiro atoms. The largest absolute Gasteiger partial charge is 0.506 e. The summed E-state index contributed by atoms with van der Waals surface area (Å²) in [5.41, 5.74) is -4.06. The Morgan fingerprint density at radius 1 is 0.317 bits per heavy atom. The van der Waals surface area contributed by atoms with E-state index in [0.29, 0.717) is 68.9 Å². The van der Waals surface area contributed by atoms with Gasteiger partial charge in [-0.1, -0.05) is 206 Å². The molecule has 123 heavy (non-hydrogen) atoms. The van der Waals surface area contributed by atoms with Gasteiger partial charge in [-0.3, -0.25) is 0 Å². The first-order valence-corrected chi connectivity index (χ1v) is 44.5. The predicted molar refractivity (Wildman–Crippen MR) is 448 cm³/mol. The Kier molecular flexibility index (Phi) is 56.0. The highest BCUT2D eigenvalue weighted by Gasteiger charge is 2.49. The molecule has 19 atom stereocenters. The van der Waals surface area contributed by atoms with Crippen LogP contribution in [0.1, 0.15) is 262 Å². The van der Waals surface area contributed by atoms with E-state index in [-0.39, 0.29) is 50.5 Å². The Morgan fingerprint density at radius 3 is 0.919 bits per heavy atom. The second kappa shape index (κ2) is 61.1. The van der Waals surface area contributed by atoms with E-state index in [4.69, 9.17) is 37.9 Å². The Labute approximate surface area is 723 Å². The summed E-state index contributed by atoms with van der Waals surface area (Å²) < 4.78 is 49.6. The maximum absolute atomic E-state index is 12.0. The molecule has 0 radical (unpaired) electrons. The summed E-state index contributed by atoms with van der Waals surface area (Å²) in [4.78, 5) is 0. The van der Waals surface area contributed by atoms with Crippen LogP contribution in [0.3, 0.4) is 0 Å². The minimum absolute atomic E-state index is 0.0110. The molecule has 0 saturated carbocycles. The molecule has 36 heteroatoms. The third kappa shape index (κ3) is 37.8. The van der Waals surface area contributed by atoms with Gasteiger partial charge in [-0.2, -0.15) is 0 Å². The summed E-state index contributed by atoms with van der Waals surface area (Å²) in [5, 5.41) is 308. The normalized spacial score (nSPS) is 23.5. The fourth-order valence-corrected chi connectivity index (χ4v) is 15.9. The first kappa shape index (κ1) is 113. The second-order valence-corrected chi connectivity index (χ2v) is 33.7. The molecular weight excluding hydrogens is 1620 g/mol. The lowest BCUT2D eigenvalue weighted by Gasteiger charge is -2.44. The highest BCUT2D eigenvalue weighted by atomic mass is 16.7. The summed E-state index contributed by atoms with van der Waals surface area (Å²) in [6, 6.07) is 5.20. The molecule has 1 aromatic rings. The number of benzene rings is 1. The van der Waals surface area contributed by atoms with E-state index < -0.39 is 284 Å². The molecule has 0 aliphatic carbocycles. The van der Waals surface area contributed by atoms with E-state index in [0.717, 1.165) is 96.3 Å². The minimum atomic E-state index is -2.48. The first-order chi connectivity index (χ1) is 58.7. The van der Waals surface area contributed by atoms with Gasteiger partial charge in [-0.15, -0.1) is 0 Å². The summed E-state index contributed by atoms with van der Waals surface area (Å²) in [6.45, 7) is -0.553. The van der Waals surface area contributed by atoms with Crippen LogP contribution in [-0.2, 0) is 50.7 Å². The van der Waals surface area contributed by atoms with Crippen LogP contribution in [0.4, 0.5) is 0 Å². The van der Waals surface area contributed by atoms with E-state index in [1.165, 1.54) is 0 Å². The van der Waals surface area contributed by atoms with Gasteiger partial charge in [-0.05, 0) is 61.1 Å². The van der Waals surface area contributed by atoms with Crippen molar-refractivity contribution in [3.63, 3.8) is 0 Å². The molecule has 28 N–H and O–H groups in total. The molecule has 0 aromatic heterocycles. The van der Waals surface area contributed by atoms with Crippen molar-refractivity contribution in [1.29, 1.82) is 0 Å². The zero-order chi connectivity index (χ0) is 91.8. The molecule has 3 rings (SSSR count). The predicted octanol–water partition coefficient (Wildman–Crippen LogP) is 5.46. The fraction of sp³-hybridized carbons (Fsp3) is 0.839. The summed E-state index contributed by atoms with van der Waals surface area (Å²) >= 11 is 0. The lowest BCUT2D eigenvalue weighted by molar-refractivity contribution is -0.318. The summed E-state index contributed by atoms with van der Waals surface area (Å²) in [6.07, 6.45) is -19.6. The standard InChI is InChI=1S/C87H156O36/c1-5-9-12-15-18-20-22-25-28-36-86(49-116-79(112)73(106)65(98)59(94)31-38-88,50-117-80(113)74(107)66(99)60(95)32-39-89)46-56-42-55(45-85(35-8-4,51-120-83-77(110)71(104)69(102)63(47-92)122-83)52-121-84-78(111)72(105)70(103)64(48-93)123-84)43-57(44-56)58(30-27-24-17-14-11-7-3)87(37-29-26-23-21-19-16-13-10-6-2,53-118-81(114)75(108)67(100)61(96)33-40-90)54-119-82(115)76(109)68(101)62(97)34-41-91/h42-44,58-64,69-72,77-84,88-115H,5-41,45-54H2,1-4H3/b73-65-,74-66-,75-67-,76-68-/t58?,59-,60-,61-,62-,63?,64?,69-,70-,71?,72?,77?,78?,79+,80+,81+,82+,83-,84-,85?/m1/s1. The van der Waals surface area contributed by atoms with Gasteiger partial charge < -0.3 is 181 Å². The van der Waals surface area contributed by atoms with Crippen molar-refractivity contribution in [1.82, 2.24) is 0 Å². The highest BCUT2D eigenvalue weighted by Crippen LogP contribution is 2.48. The number of aliphatic hydroxyl groups is 28. The van der Waals surface area contributed by atoms with Crippen molar-refractivity contribution in [3.8, 4) is 0 Å². The molecule has 2 fully saturated rings. The molecule has 720 valence electrons. The lowest BCUT2D eigenvalue weighted by Crippen LogP contribution is -2.60. The van der Waals surface area contributed by atoms with Crippen LogP contribution in [0.25, 0.3) is 0 Å². The fourth-order valence-electron chi connectivity index (χ4n) is 15.9. The number of hydrogen-bond acceptors (Lipinski definition) is 36. The molecular formula is C87H156O36. The lowest BCUT2D eigenvalue weighted by atomic mass is 9.66. The van der Waals surface area contributed by atoms with Crippen LogP contribution in [0, 0.1) is 16.2 Å². The minimum Gasteiger partial charge on any atom is -0.506 e. The maximum atomic E-state index is 12.0. The van der Waals surface area contributed by atoms with Crippen LogP contribution in [0.2, 0.25) is 0 Å². The van der Waals surface area contributed by atoms with Gasteiger partial charge in [0, 0.05) is 68.4 Å². The van der Waals surface area contributed by atoms with Crippen LogP contribution >= 0.6 is 0 Å². The number of rotatable bonds is 71. The average Bonchev–Trinajstić information content (AvgIpc) is 0.770. The maximum Gasteiger partial charge on any atom is 0.217 e. The Morgan fingerprint density at radius 2 is 0.610 bits per heavy atom. The van der Waals surface area contributed by atoms with Gasteiger partial charge in [-0.25, -0.2) is 0 Å². The van der Waals surface area contributed by atoms with Crippen molar-refractivity contribution in [3.05, 3.63) is 81.0 Å². The molecule has 0 bridgehead atoms. The number of aliphatic hydroxyl groups excluding tert-OH is 28. The van der Waals surface area contributed by atoms with Gasteiger partial charge in [0.05, 0.1) is 52.9 Å². The first-order valence-electron chi connectivity index (χ1n) is 44.5. The van der Waals surface area contributed by atoms with Crippen molar-refractivity contribution in [2.45, 2.75) is 369 Å². The van der Waals surface area contributed by atoms with Gasteiger partial charge in [0.2, 0.25) is 25.2 Å². The molecule has 36 nitrogen and oxygen atoms in total. The van der Waals surface area contributed by atoms with Crippen molar-refractivity contribution < 1.29 is 181 Å². The van der Waals surface area contributed by atoms with Gasteiger partial charge in [0.15, 0.2) is 58.7 Å². The molecule has 1 aromatic carbocycles. The van der Waals surface area contributed by atoms with Crippen LogP contribution < -0.4 is 0 Å². The quantitative estimate of drug-likeness (QED) is 0.0218. The number of unbranched alkanes of at least 4 members (excludes halogenated alkanes) is 21. The van der Waals surface area contributed by atoms with Crippen LogP contribution in [-0.4, -0.2) is 333 Å². The van der Waals surface area contributed by atoms with E-state index in [2.05, 4.69) is 13.8 Å². The summed E-state index contributed by atoms with van der Waals surface area (Å²) in [5.74, 6) is -10.9. The molecule has 7 unspecified atom stereocenters. The SMILES string of the molecule is CCCCCCCCCCCC(CO[C@H](O)/C(O)=C(/O)[C@H](O)CCO)(CO[C@H](O)/C(O)=C(/O)[C@H](O)CCO)Cc1cc(CC(CCC)(CO[C@@H]2OC(CO)[C@@H](O)C(O)C2O)CO[C@@H]2OC(CO)[C@@H](O)C(O)C2O)cc(C(CCCCCCCC)C(CCCCCCCCCCC)(CO[C@H](O)/C(O)=C(/O)[C@H](O)CCO)CO[C@H](O)/C(O)=C(/O)[C@H](O)CCO)c1. The smallest absolute Gasteiger partial charge is 0.217 e. The zero-order valence-corrected chi connectivity index (χ0v) is 72.7. The number of hydrogen-bond donors (Lipinski definition) is 28. The van der Waals surface area contributed by atoms with Crippen LogP contribution in [0.15, 0.2) is 64.3 Å². The third-order valence-electron chi connectivity index (χ3n) is 23.4. The highest BCUT2D eigenvalue weighted by molar-refractivity contribution is 5.36. The van der Waals surface area contributed by atoms with Crippen molar-refractivity contribution in [2.24, 2.45) is 16.2 Å². The average molecular weight is 1780 g/mol. The zero-order valence-electron chi connectivity index (χ0n) is 72.7. The van der Waals surface area contributed by atoms with Gasteiger partial charge in [0.25, 0.3) is 0 Å². The van der Waals surface area contributed by atoms with E-state index in [1.54, 1.807) is 25.1 Å². The van der Waals surface area contributed by atoms with Gasteiger partial charge in [0.1, 0.15) is 73.2 Å². The Hall–Kier alpha value is -4.54. The van der Waals surface area contributed by atoms with E-state index >= 15 is 0 Å². The van der Waals surface area contributed by atoms with E-state index in [1.807, 2.05) is 6.92 Å². The second-order valence-electron chi connectivity index (χ2n) is 33.7. The molecule has 0 amide bonds. The van der Waals surface area contributed by atoms with E-state index in [9.17, 15) is 143 Å². The molecule has 2 saturated heterocycles. The molecule has 2 aliphatic rings. The number of ether oxygens (including phenoxy) is 8. The Balaban J connectivity index is 2.94. The van der Waals surface area contributed by atoms with Crippen molar-refractivity contribution >= 4 is 0 Å². The third-order valence-corrected chi connectivity index (χ3v) is 23.4. The van der Waals surface area contributed by atoms with Crippen molar-refractivity contribution in [2.75, 3.05) is 79.3 Å². The molecule has 2 heterocycles. The monoisotopic (exact) mass is 1780 g/mol.